The third-order valence-electron chi connectivity index (χ3n) is 4.35. The fourth-order valence-corrected chi connectivity index (χ4v) is 2.91. The molecule has 1 aliphatic rings. The molecule has 5 nitrogen and oxygen atoms in total. The maximum atomic E-state index is 13.0. The summed E-state index contributed by atoms with van der Waals surface area (Å²) in [5, 5.41) is 2.98. The Morgan fingerprint density at radius 1 is 1.00 bits per heavy atom. The van der Waals surface area contributed by atoms with Gasteiger partial charge in [0.05, 0.1) is 6.54 Å². The molecule has 1 amide bonds. The molecule has 0 aromatic heterocycles. The molecule has 3 rings (SSSR count). The Labute approximate surface area is 155 Å². The SMILES string of the molecule is O=C(CNc1ccc(OC(F)F)cc1)N1CCN(c2ccc(F)cc2)CC1. The predicted octanol–water partition coefficient (Wildman–Crippen LogP) is 3.19. The molecule has 1 saturated heterocycles. The van der Waals surface area contributed by atoms with Crippen molar-refractivity contribution in [1.82, 2.24) is 4.90 Å². The zero-order valence-electron chi connectivity index (χ0n) is 14.6. The average molecular weight is 379 g/mol. The molecular formula is C19H20F3N3O2. The Kier molecular flexibility index (Phi) is 6.05. The molecule has 0 atom stereocenters. The van der Waals surface area contributed by atoms with E-state index in [-0.39, 0.29) is 24.0 Å². The number of anilines is 2. The molecule has 0 saturated carbocycles. The number of nitrogens with zero attached hydrogens (tertiary/aromatic N) is 2. The van der Waals surface area contributed by atoms with Crippen molar-refractivity contribution in [2.75, 3.05) is 42.9 Å². The van der Waals surface area contributed by atoms with Crippen LogP contribution in [0.3, 0.4) is 0 Å². The molecule has 1 heterocycles. The summed E-state index contributed by atoms with van der Waals surface area (Å²) in [7, 11) is 0. The summed E-state index contributed by atoms with van der Waals surface area (Å²) in [6.45, 7) is -0.225. The second-order valence-corrected chi connectivity index (χ2v) is 6.10. The van der Waals surface area contributed by atoms with E-state index in [2.05, 4.69) is 15.0 Å². The number of halogens is 3. The van der Waals surface area contributed by atoms with Crippen molar-refractivity contribution in [2.45, 2.75) is 6.61 Å². The zero-order valence-corrected chi connectivity index (χ0v) is 14.6. The first kappa shape index (κ1) is 18.9. The van der Waals surface area contributed by atoms with E-state index in [0.717, 1.165) is 5.69 Å². The second-order valence-electron chi connectivity index (χ2n) is 6.10. The molecule has 1 fully saturated rings. The van der Waals surface area contributed by atoms with Crippen LogP contribution in [0.5, 0.6) is 5.75 Å². The molecule has 1 aliphatic heterocycles. The standard InChI is InChI=1S/C19H20F3N3O2/c20-14-1-5-16(6-2-14)24-9-11-25(12-10-24)18(26)13-23-15-3-7-17(8-4-15)27-19(21)22/h1-8,19,23H,9-13H2. The first-order chi connectivity index (χ1) is 13.0. The van der Waals surface area contributed by atoms with Gasteiger partial charge in [-0.15, -0.1) is 0 Å². The number of alkyl halides is 2. The smallest absolute Gasteiger partial charge is 0.387 e. The summed E-state index contributed by atoms with van der Waals surface area (Å²) in [6, 6.07) is 12.3. The summed E-state index contributed by atoms with van der Waals surface area (Å²) in [5.41, 5.74) is 1.59. The third kappa shape index (κ3) is 5.29. The minimum atomic E-state index is -2.86. The van der Waals surface area contributed by atoms with Crippen molar-refractivity contribution in [1.29, 1.82) is 0 Å². The molecule has 0 unspecified atom stereocenters. The van der Waals surface area contributed by atoms with Crippen molar-refractivity contribution in [3.05, 3.63) is 54.3 Å². The van der Waals surface area contributed by atoms with E-state index in [9.17, 15) is 18.0 Å². The number of hydrogen-bond donors (Lipinski definition) is 1. The minimum Gasteiger partial charge on any atom is -0.435 e. The molecule has 8 heteroatoms. The molecule has 0 radical (unpaired) electrons. The second kappa shape index (κ2) is 8.66. The molecule has 0 bridgehead atoms. The fourth-order valence-electron chi connectivity index (χ4n) is 2.91. The first-order valence-corrected chi connectivity index (χ1v) is 8.58. The predicted molar refractivity (Wildman–Crippen MR) is 96.8 cm³/mol. The molecule has 2 aromatic rings. The lowest BCUT2D eigenvalue weighted by Crippen LogP contribution is -2.50. The minimum absolute atomic E-state index is 0.0401. The van der Waals surface area contributed by atoms with E-state index in [1.165, 1.54) is 24.3 Å². The zero-order chi connectivity index (χ0) is 19.2. The summed E-state index contributed by atoms with van der Waals surface area (Å²) in [4.78, 5) is 16.2. The Hall–Kier alpha value is -2.90. The van der Waals surface area contributed by atoms with Crippen LogP contribution in [0.1, 0.15) is 0 Å². The van der Waals surface area contributed by atoms with Gasteiger partial charge in [0.2, 0.25) is 5.91 Å². The maximum Gasteiger partial charge on any atom is 0.387 e. The summed E-state index contributed by atoms with van der Waals surface area (Å²) < 4.78 is 41.5. The van der Waals surface area contributed by atoms with E-state index in [1.807, 2.05) is 0 Å². The van der Waals surface area contributed by atoms with E-state index in [4.69, 9.17) is 0 Å². The van der Waals surface area contributed by atoms with Crippen LogP contribution < -0.4 is 15.0 Å². The number of ether oxygens (including phenoxy) is 1. The van der Waals surface area contributed by atoms with Crippen LogP contribution in [-0.2, 0) is 4.79 Å². The lowest BCUT2D eigenvalue weighted by molar-refractivity contribution is -0.129. The topological polar surface area (TPSA) is 44.8 Å². The molecule has 0 spiro atoms. The van der Waals surface area contributed by atoms with Crippen LogP contribution >= 0.6 is 0 Å². The largest absolute Gasteiger partial charge is 0.435 e. The van der Waals surface area contributed by atoms with Crippen molar-refractivity contribution >= 4 is 17.3 Å². The van der Waals surface area contributed by atoms with Crippen LogP contribution in [0.4, 0.5) is 24.5 Å². The monoisotopic (exact) mass is 379 g/mol. The van der Waals surface area contributed by atoms with Gasteiger partial charge in [-0.05, 0) is 48.5 Å². The first-order valence-electron chi connectivity index (χ1n) is 8.58. The Balaban J connectivity index is 1.45. The maximum absolute atomic E-state index is 13.0. The number of rotatable bonds is 6. The van der Waals surface area contributed by atoms with Gasteiger partial charge in [-0.2, -0.15) is 8.78 Å². The third-order valence-corrected chi connectivity index (χ3v) is 4.35. The fraction of sp³-hybridized carbons (Fsp3) is 0.316. The molecule has 2 aromatic carbocycles. The van der Waals surface area contributed by atoms with Gasteiger partial charge < -0.3 is 19.9 Å². The van der Waals surface area contributed by atoms with Gasteiger partial charge in [-0.25, -0.2) is 4.39 Å². The number of amides is 1. The van der Waals surface area contributed by atoms with Gasteiger partial charge in [-0.3, -0.25) is 4.79 Å². The van der Waals surface area contributed by atoms with Crippen LogP contribution in [0.15, 0.2) is 48.5 Å². The van der Waals surface area contributed by atoms with Crippen molar-refractivity contribution in [3.8, 4) is 5.75 Å². The molecular weight excluding hydrogens is 359 g/mol. The lowest BCUT2D eigenvalue weighted by atomic mass is 10.2. The highest BCUT2D eigenvalue weighted by Gasteiger charge is 2.21. The highest BCUT2D eigenvalue weighted by Crippen LogP contribution is 2.19. The number of benzene rings is 2. The van der Waals surface area contributed by atoms with Crippen LogP contribution in [0.25, 0.3) is 0 Å². The number of carbonyl (C=O) groups excluding carboxylic acids is 1. The summed E-state index contributed by atoms with van der Waals surface area (Å²) in [6.07, 6.45) is 0. The average Bonchev–Trinajstić information content (AvgIpc) is 2.67. The Bertz CT molecular complexity index is 746. The Morgan fingerprint density at radius 3 is 2.22 bits per heavy atom. The Morgan fingerprint density at radius 2 is 1.63 bits per heavy atom. The molecule has 0 aliphatic carbocycles. The van der Waals surface area contributed by atoms with Gasteiger partial charge in [0, 0.05) is 37.6 Å². The summed E-state index contributed by atoms with van der Waals surface area (Å²) >= 11 is 0. The van der Waals surface area contributed by atoms with Crippen molar-refractivity contribution in [2.24, 2.45) is 0 Å². The van der Waals surface area contributed by atoms with Gasteiger partial charge in [0.25, 0.3) is 0 Å². The highest BCUT2D eigenvalue weighted by molar-refractivity contribution is 5.81. The van der Waals surface area contributed by atoms with Crippen molar-refractivity contribution in [3.63, 3.8) is 0 Å². The van der Waals surface area contributed by atoms with Crippen LogP contribution in [0.2, 0.25) is 0 Å². The van der Waals surface area contributed by atoms with Crippen LogP contribution in [-0.4, -0.2) is 50.1 Å². The number of hydrogen-bond acceptors (Lipinski definition) is 4. The quantitative estimate of drug-likeness (QED) is 0.837. The van der Waals surface area contributed by atoms with Crippen molar-refractivity contribution < 1.29 is 22.7 Å². The van der Waals surface area contributed by atoms with Gasteiger partial charge in [0.1, 0.15) is 11.6 Å². The molecule has 1 N–H and O–H groups in total. The normalized spacial score (nSPS) is 14.4. The molecule has 27 heavy (non-hydrogen) atoms. The number of piperazine rings is 1. The van der Waals surface area contributed by atoms with E-state index in [0.29, 0.717) is 31.9 Å². The van der Waals surface area contributed by atoms with Crippen LogP contribution in [0, 0.1) is 5.82 Å². The van der Waals surface area contributed by atoms with E-state index < -0.39 is 6.61 Å². The van der Waals surface area contributed by atoms with E-state index in [1.54, 1.807) is 29.2 Å². The number of carbonyl (C=O) groups is 1. The van der Waals surface area contributed by atoms with Gasteiger partial charge in [-0.1, -0.05) is 0 Å². The van der Waals surface area contributed by atoms with Gasteiger partial charge in [0.15, 0.2) is 0 Å². The van der Waals surface area contributed by atoms with Gasteiger partial charge >= 0.3 is 6.61 Å². The molecule has 144 valence electrons. The number of nitrogens with one attached hydrogen (secondary N) is 1. The lowest BCUT2D eigenvalue weighted by Gasteiger charge is -2.36. The summed E-state index contributed by atoms with van der Waals surface area (Å²) in [5.74, 6) is -0.243. The highest BCUT2D eigenvalue weighted by atomic mass is 19.3. The van der Waals surface area contributed by atoms with E-state index >= 15 is 0 Å².